The lowest BCUT2D eigenvalue weighted by Gasteiger charge is -2.47. The summed E-state index contributed by atoms with van der Waals surface area (Å²) in [5, 5.41) is 1.50. The van der Waals surface area contributed by atoms with E-state index in [2.05, 4.69) is 31.8 Å². The molecule has 5 rings (SSSR count). The molecule has 2 bridgehead atoms. The fraction of sp³-hybridized carbons (Fsp3) is 0.643. The first kappa shape index (κ1) is 13.9. The second-order valence-electron chi connectivity index (χ2n) is 6.29. The minimum Gasteiger partial charge on any atom is -0.265 e. The average Bonchev–Trinajstić information content (AvgIpc) is 2.87. The molecule has 1 aliphatic heterocycles. The molecule has 21 heavy (non-hydrogen) atoms. The molecule has 4 aliphatic rings. The Bertz CT molecular complexity index is 552. The first-order valence-corrected chi connectivity index (χ1v) is 8.25. The van der Waals surface area contributed by atoms with Crippen molar-refractivity contribution in [2.75, 3.05) is 12.0 Å². The van der Waals surface area contributed by atoms with Crippen LogP contribution in [0.25, 0.3) is 0 Å². The molecular weight excluding hydrogens is 339 g/mol. The maximum atomic E-state index is 13.4. The first-order chi connectivity index (χ1) is 10.1. The number of nitrogens with zero attached hydrogens (tertiary/aromatic N) is 2. The third-order valence-corrected chi connectivity index (χ3v) is 5.63. The predicted octanol–water partition coefficient (Wildman–Crippen LogP) is 3.01. The van der Waals surface area contributed by atoms with Crippen molar-refractivity contribution in [2.24, 2.45) is 11.8 Å². The maximum absolute atomic E-state index is 13.4. The van der Waals surface area contributed by atoms with Crippen molar-refractivity contribution < 1.29 is 9.23 Å². The summed E-state index contributed by atoms with van der Waals surface area (Å²) in [5.74, 6) is 1.29. The zero-order valence-corrected chi connectivity index (χ0v) is 13.2. The minimum absolute atomic E-state index is 0.0952. The quantitative estimate of drug-likeness (QED) is 0.797. The molecular formula is C14H18BrFN4O. The van der Waals surface area contributed by atoms with Crippen LogP contribution in [0.1, 0.15) is 32.1 Å². The Hall–Kier alpha value is -0.760. The molecule has 1 aromatic rings. The normalized spacial score (nSPS) is 35.5. The number of nitrogens with one attached hydrogen (secondary N) is 2. The van der Waals surface area contributed by atoms with Crippen LogP contribution in [0, 0.1) is 17.8 Å². The first-order valence-electron chi connectivity index (χ1n) is 7.46. The van der Waals surface area contributed by atoms with E-state index in [1.807, 2.05) is 0 Å². The van der Waals surface area contributed by atoms with Gasteiger partial charge in [-0.1, -0.05) is 0 Å². The van der Waals surface area contributed by atoms with Crippen LogP contribution >= 0.6 is 15.9 Å². The molecule has 2 N–H and O–H groups in total. The van der Waals surface area contributed by atoms with Gasteiger partial charge >= 0.3 is 0 Å². The number of rotatable bonds is 2. The van der Waals surface area contributed by atoms with Crippen LogP contribution in [0.4, 0.5) is 10.2 Å². The standard InChI is InChI=1S/C14H18BrFN4O/c15-11-5-6-12(18-13(11)16)19-20-17-8-14(21-20)7-9-1-3-10(14)4-2-9/h5-6,9-10,17H,1-4,7-8H2,(H,18,19)/t9?,10?,14-/m0/s1. The fourth-order valence-corrected chi connectivity index (χ4v) is 4.20. The van der Waals surface area contributed by atoms with Crippen molar-refractivity contribution in [1.29, 1.82) is 0 Å². The van der Waals surface area contributed by atoms with Crippen LogP contribution in [-0.4, -0.2) is 22.4 Å². The number of fused-ring (bicyclic) bond motifs is 2. The Morgan fingerprint density at radius 3 is 2.86 bits per heavy atom. The number of hydrogen-bond donors (Lipinski definition) is 2. The summed E-state index contributed by atoms with van der Waals surface area (Å²) < 4.78 is 13.8. The Morgan fingerprint density at radius 1 is 1.38 bits per heavy atom. The van der Waals surface area contributed by atoms with E-state index >= 15 is 0 Å². The summed E-state index contributed by atoms with van der Waals surface area (Å²) in [6.07, 6.45) is 6.30. The predicted molar refractivity (Wildman–Crippen MR) is 79.2 cm³/mol. The highest BCUT2D eigenvalue weighted by Gasteiger charge is 2.52. The molecule has 1 spiro atoms. The minimum atomic E-state index is -0.536. The van der Waals surface area contributed by atoms with Gasteiger partial charge in [0.1, 0.15) is 11.4 Å². The molecule has 1 atom stereocenters. The summed E-state index contributed by atoms with van der Waals surface area (Å²) in [6.45, 7) is 0.806. The van der Waals surface area contributed by atoms with Crippen molar-refractivity contribution >= 4 is 21.7 Å². The highest BCUT2D eigenvalue weighted by molar-refractivity contribution is 9.10. The number of hydrogen-bond acceptors (Lipinski definition) is 5. The largest absolute Gasteiger partial charge is 0.265 e. The molecule has 0 unspecified atom stereocenters. The van der Waals surface area contributed by atoms with Crippen molar-refractivity contribution in [2.45, 2.75) is 37.7 Å². The molecule has 2 heterocycles. The molecule has 7 heteroatoms. The second kappa shape index (κ2) is 5.15. The topological polar surface area (TPSA) is 49.4 Å². The van der Waals surface area contributed by atoms with Gasteiger partial charge < -0.3 is 0 Å². The van der Waals surface area contributed by atoms with Gasteiger partial charge in [-0.3, -0.25) is 10.3 Å². The third-order valence-electron chi connectivity index (χ3n) is 5.04. The van der Waals surface area contributed by atoms with E-state index in [-0.39, 0.29) is 5.60 Å². The number of anilines is 1. The van der Waals surface area contributed by atoms with Gasteiger partial charge in [-0.15, -0.1) is 0 Å². The summed E-state index contributed by atoms with van der Waals surface area (Å²) in [6, 6.07) is 3.33. The number of halogens is 2. The van der Waals surface area contributed by atoms with Gasteiger partial charge in [0, 0.05) is 6.54 Å². The number of aromatic nitrogens is 1. The summed E-state index contributed by atoms with van der Waals surface area (Å²) in [7, 11) is 0. The highest BCUT2D eigenvalue weighted by atomic mass is 79.9. The van der Waals surface area contributed by atoms with Crippen LogP contribution in [-0.2, 0) is 4.84 Å². The number of pyridine rings is 1. The highest BCUT2D eigenvalue weighted by Crippen LogP contribution is 2.50. The molecule has 0 aromatic carbocycles. The SMILES string of the molecule is Fc1nc(NN2NC[C@]3(CC4CCC3CC4)O2)ccc1Br. The summed E-state index contributed by atoms with van der Waals surface area (Å²) in [5.41, 5.74) is 6.08. The molecule has 114 valence electrons. The fourth-order valence-electron chi connectivity index (χ4n) is 3.97. The number of hydrazine groups is 2. The molecule has 3 aliphatic carbocycles. The molecule has 0 amide bonds. The van der Waals surface area contributed by atoms with E-state index < -0.39 is 5.95 Å². The van der Waals surface area contributed by atoms with E-state index in [1.165, 1.54) is 31.0 Å². The van der Waals surface area contributed by atoms with Crippen LogP contribution in [0.2, 0.25) is 0 Å². The Morgan fingerprint density at radius 2 is 2.19 bits per heavy atom. The zero-order valence-electron chi connectivity index (χ0n) is 11.6. The van der Waals surface area contributed by atoms with Crippen LogP contribution < -0.4 is 10.9 Å². The molecule has 1 aromatic heterocycles. The third kappa shape index (κ3) is 2.46. The van der Waals surface area contributed by atoms with Gasteiger partial charge in [0.15, 0.2) is 0 Å². The van der Waals surface area contributed by atoms with Crippen LogP contribution in [0.3, 0.4) is 0 Å². The Kier molecular flexibility index (Phi) is 3.40. The van der Waals surface area contributed by atoms with E-state index in [1.54, 1.807) is 12.1 Å². The maximum Gasteiger partial charge on any atom is 0.229 e. The van der Waals surface area contributed by atoms with Gasteiger partial charge in [0.05, 0.1) is 4.47 Å². The second-order valence-corrected chi connectivity index (χ2v) is 7.14. The summed E-state index contributed by atoms with van der Waals surface area (Å²) in [4.78, 5) is 9.97. The Labute approximate surface area is 131 Å². The lowest BCUT2D eigenvalue weighted by atomic mass is 9.62. The van der Waals surface area contributed by atoms with E-state index in [0.29, 0.717) is 16.2 Å². The van der Waals surface area contributed by atoms with Crippen molar-refractivity contribution in [1.82, 2.24) is 15.7 Å². The molecule has 0 radical (unpaired) electrons. The molecule has 1 saturated heterocycles. The molecule has 4 fully saturated rings. The van der Waals surface area contributed by atoms with Gasteiger partial charge in [-0.05, 0) is 77.3 Å². The van der Waals surface area contributed by atoms with E-state index in [0.717, 1.165) is 18.9 Å². The summed E-state index contributed by atoms with van der Waals surface area (Å²) >= 11 is 3.10. The van der Waals surface area contributed by atoms with E-state index in [4.69, 9.17) is 4.84 Å². The monoisotopic (exact) mass is 356 g/mol. The van der Waals surface area contributed by atoms with Gasteiger partial charge in [-0.2, -0.15) is 4.39 Å². The smallest absolute Gasteiger partial charge is 0.229 e. The van der Waals surface area contributed by atoms with Gasteiger partial charge in [0.2, 0.25) is 5.95 Å². The van der Waals surface area contributed by atoms with Gasteiger partial charge in [0.25, 0.3) is 0 Å². The van der Waals surface area contributed by atoms with E-state index in [9.17, 15) is 4.39 Å². The zero-order chi connectivity index (χ0) is 14.4. The lowest BCUT2D eigenvalue weighted by Crippen LogP contribution is -2.50. The molecule has 3 saturated carbocycles. The van der Waals surface area contributed by atoms with Crippen molar-refractivity contribution in [3.05, 3.63) is 22.6 Å². The van der Waals surface area contributed by atoms with Crippen LogP contribution in [0.5, 0.6) is 0 Å². The van der Waals surface area contributed by atoms with Crippen molar-refractivity contribution in [3.8, 4) is 0 Å². The molecule has 5 nitrogen and oxygen atoms in total. The van der Waals surface area contributed by atoms with Gasteiger partial charge in [-0.25, -0.2) is 10.4 Å². The Balaban J connectivity index is 1.45. The van der Waals surface area contributed by atoms with Crippen LogP contribution in [0.15, 0.2) is 16.6 Å². The van der Waals surface area contributed by atoms with Crippen molar-refractivity contribution in [3.63, 3.8) is 0 Å². The lowest BCUT2D eigenvalue weighted by molar-refractivity contribution is -0.235. The average molecular weight is 357 g/mol.